The standard InChI is InChI=1S/C18H28N2O2/c1-14(2)22-13-12-20-10-7-16(8-11-20)15(3)18(21)17-6-4-5-9-19-17/h4-6,9,14-16H,7-8,10-13H2,1-3H3/t15-/m1/s1. The highest BCUT2D eigenvalue weighted by atomic mass is 16.5. The third-order valence-corrected chi connectivity index (χ3v) is 4.53. The van der Waals surface area contributed by atoms with E-state index in [0.717, 1.165) is 39.1 Å². The van der Waals surface area contributed by atoms with Crippen LogP contribution in [0.25, 0.3) is 0 Å². The van der Waals surface area contributed by atoms with Gasteiger partial charge in [-0.25, -0.2) is 0 Å². The number of aromatic nitrogens is 1. The minimum atomic E-state index is 0.0592. The monoisotopic (exact) mass is 304 g/mol. The van der Waals surface area contributed by atoms with E-state index in [2.05, 4.69) is 30.7 Å². The van der Waals surface area contributed by atoms with E-state index in [0.29, 0.717) is 17.7 Å². The molecule has 0 spiro atoms. The van der Waals surface area contributed by atoms with Gasteiger partial charge in [-0.15, -0.1) is 0 Å². The highest BCUT2D eigenvalue weighted by Gasteiger charge is 2.29. The first-order chi connectivity index (χ1) is 10.6. The number of nitrogens with zero attached hydrogens (tertiary/aromatic N) is 2. The highest BCUT2D eigenvalue weighted by Crippen LogP contribution is 2.27. The summed E-state index contributed by atoms with van der Waals surface area (Å²) in [7, 11) is 0. The van der Waals surface area contributed by atoms with Gasteiger partial charge in [0.1, 0.15) is 5.69 Å². The number of hydrogen-bond donors (Lipinski definition) is 0. The van der Waals surface area contributed by atoms with Crippen molar-refractivity contribution in [1.29, 1.82) is 0 Å². The van der Waals surface area contributed by atoms with Gasteiger partial charge in [0.25, 0.3) is 0 Å². The fourth-order valence-corrected chi connectivity index (χ4v) is 3.05. The highest BCUT2D eigenvalue weighted by molar-refractivity contribution is 5.95. The molecule has 122 valence electrons. The Bertz CT molecular complexity index is 453. The number of likely N-dealkylation sites (tertiary alicyclic amines) is 1. The number of Topliss-reactive ketones (excluding diaryl/α,β-unsaturated/α-hetero) is 1. The Morgan fingerprint density at radius 1 is 1.32 bits per heavy atom. The predicted molar refractivity (Wildman–Crippen MR) is 88.0 cm³/mol. The molecule has 1 atom stereocenters. The number of hydrogen-bond acceptors (Lipinski definition) is 4. The summed E-state index contributed by atoms with van der Waals surface area (Å²) < 4.78 is 5.61. The van der Waals surface area contributed by atoms with Gasteiger partial charge in [0.2, 0.25) is 0 Å². The fourth-order valence-electron chi connectivity index (χ4n) is 3.05. The minimum Gasteiger partial charge on any atom is -0.377 e. The molecule has 0 aromatic carbocycles. The number of carbonyl (C=O) groups is 1. The van der Waals surface area contributed by atoms with Crippen molar-refractivity contribution in [3.63, 3.8) is 0 Å². The van der Waals surface area contributed by atoms with Gasteiger partial charge in [0.05, 0.1) is 12.7 Å². The summed E-state index contributed by atoms with van der Waals surface area (Å²) in [5.41, 5.74) is 0.600. The van der Waals surface area contributed by atoms with Gasteiger partial charge in [-0.2, -0.15) is 0 Å². The zero-order valence-electron chi connectivity index (χ0n) is 14.0. The fraction of sp³-hybridized carbons (Fsp3) is 0.667. The molecule has 1 aliphatic heterocycles. The Hall–Kier alpha value is -1.26. The predicted octanol–water partition coefficient (Wildman–Crippen LogP) is 3.04. The second-order valence-electron chi connectivity index (χ2n) is 6.47. The molecule has 0 N–H and O–H groups in total. The van der Waals surface area contributed by atoms with Crippen molar-refractivity contribution >= 4 is 5.78 Å². The number of ether oxygens (including phenoxy) is 1. The second kappa shape index (κ2) is 8.39. The van der Waals surface area contributed by atoms with Crippen molar-refractivity contribution in [2.75, 3.05) is 26.2 Å². The van der Waals surface area contributed by atoms with Gasteiger partial charge in [-0.3, -0.25) is 9.78 Å². The Balaban J connectivity index is 1.77. The van der Waals surface area contributed by atoms with Crippen molar-refractivity contribution in [2.45, 2.75) is 39.7 Å². The molecule has 1 fully saturated rings. The molecule has 1 aliphatic rings. The number of ketones is 1. The lowest BCUT2D eigenvalue weighted by molar-refractivity contribution is 0.0465. The molecule has 1 aromatic rings. The van der Waals surface area contributed by atoms with Crippen molar-refractivity contribution < 1.29 is 9.53 Å². The minimum absolute atomic E-state index is 0.0592. The van der Waals surface area contributed by atoms with Gasteiger partial charge in [0, 0.05) is 18.7 Å². The largest absolute Gasteiger partial charge is 0.377 e. The molecule has 0 radical (unpaired) electrons. The first-order valence-electron chi connectivity index (χ1n) is 8.37. The van der Waals surface area contributed by atoms with Gasteiger partial charge >= 0.3 is 0 Å². The van der Waals surface area contributed by atoms with E-state index < -0.39 is 0 Å². The molecule has 2 rings (SSSR count). The smallest absolute Gasteiger partial charge is 0.184 e. The lowest BCUT2D eigenvalue weighted by atomic mass is 9.82. The van der Waals surface area contributed by atoms with Crippen LogP contribution in [0.4, 0.5) is 0 Å². The Morgan fingerprint density at radius 2 is 2.05 bits per heavy atom. The van der Waals surface area contributed by atoms with E-state index >= 15 is 0 Å². The van der Waals surface area contributed by atoms with Crippen LogP contribution in [-0.4, -0.2) is 48.0 Å². The van der Waals surface area contributed by atoms with E-state index in [1.54, 1.807) is 6.20 Å². The van der Waals surface area contributed by atoms with E-state index in [1.165, 1.54) is 0 Å². The molecule has 1 aromatic heterocycles. The molecule has 0 unspecified atom stereocenters. The number of carbonyl (C=O) groups excluding carboxylic acids is 1. The summed E-state index contributed by atoms with van der Waals surface area (Å²) in [5.74, 6) is 0.711. The Kier molecular flexibility index (Phi) is 6.52. The van der Waals surface area contributed by atoms with E-state index in [4.69, 9.17) is 4.74 Å². The zero-order valence-corrected chi connectivity index (χ0v) is 14.0. The van der Waals surface area contributed by atoms with E-state index in [1.807, 2.05) is 18.2 Å². The quantitative estimate of drug-likeness (QED) is 0.726. The maximum atomic E-state index is 12.5. The zero-order chi connectivity index (χ0) is 15.9. The summed E-state index contributed by atoms with van der Waals surface area (Å²) in [5, 5.41) is 0. The third kappa shape index (κ3) is 4.89. The van der Waals surface area contributed by atoms with Crippen LogP contribution in [0, 0.1) is 11.8 Å². The van der Waals surface area contributed by atoms with Crippen LogP contribution in [0.2, 0.25) is 0 Å². The molecule has 4 heteroatoms. The van der Waals surface area contributed by atoms with Crippen LogP contribution in [-0.2, 0) is 4.74 Å². The first kappa shape index (κ1) is 17.1. The van der Waals surface area contributed by atoms with Crippen LogP contribution in [0.3, 0.4) is 0 Å². The van der Waals surface area contributed by atoms with E-state index in [9.17, 15) is 4.79 Å². The van der Waals surface area contributed by atoms with Crippen molar-refractivity contribution in [2.24, 2.45) is 11.8 Å². The van der Waals surface area contributed by atoms with Crippen LogP contribution in [0.1, 0.15) is 44.1 Å². The van der Waals surface area contributed by atoms with Gasteiger partial charge < -0.3 is 9.64 Å². The Labute approximate surface area is 133 Å². The lowest BCUT2D eigenvalue weighted by Crippen LogP contribution is -2.39. The lowest BCUT2D eigenvalue weighted by Gasteiger charge is -2.34. The molecular formula is C18H28N2O2. The number of rotatable bonds is 7. The third-order valence-electron chi connectivity index (χ3n) is 4.53. The van der Waals surface area contributed by atoms with Crippen molar-refractivity contribution in [3.05, 3.63) is 30.1 Å². The average Bonchev–Trinajstić information content (AvgIpc) is 2.54. The maximum Gasteiger partial charge on any atom is 0.184 e. The van der Waals surface area contributed by atoms with Crippen LogP contribution >= 0.6 is 0 Å². The molecular weight excluding hydrogens is 276 g/mol. The summed E-state index contributed by atoms with van der Waals surface area (Å²) in [6.07, 6.45) is 4.16. The summed E-state index contributed by atoms with van der Waals surface area (Å²) >= 11 is 0. The molecule has 1 saturated heterocycles. The maximum absolute atomic E-state index is 12.5. The number of pyridine rings is 1. The van der Waals surface area contributed by atoms with Crippen molar-refractivity contribution in [3.8, 4) is 0 Å². The first-order valence-corrected chi connectivity index (χ1v) is 8.37. The SMILES string of the molecule is CC(C)OCCN1CCC([C@@H](C)C(=O)c2ccccn2)CC1. The molecule has 22 heavy (non-hydrogen) atoms. The van der Waals surface area contributed by atoms with E-state index in [-0.39, 0.29) is 11.7 Å². The average molecular weight is 304 g/mol. The molecule has 0 bridgehead atoms. The molecule has 4 nitrogen and oxygen atoms in total. The summed E-state index contributed by atoms with van der Waals surface area (Å²) in [6.45, 7) is 10.1. The van der Waals surface area contributed by atoms with Crippen molar-refractivity contribution in [1.82, 2.24) is 9.88 Å². The normalized spacial score (nSPS) is 18.5. The van der Waals surface area contributed by atoms with Gasteiger partial charge in [-0.1, -0.05) is 13.0 Å². The Morgan fingerprint density at radius 3 is 2.64 bits per heavy atom. The van der Waals surface area contributed by atoms with Gasteiger partial charge in [-0.05, 0) is 57.8 Å². The molecule has 0 amide bonds. The van der Waals surface area contributed by atoms with Gasteiger partial charge in [0.15, 0.2) is 5.78 Å². The summed E-state index contributed by atoms with van der Waals surface area (Å²) in [6, 6.07) is 5.54. The topological polar surface area (TPSA) is 42.4 Å². The van der Waals surface area contributed by atoms with Crippen LogP contribution in [0.5, 0.6) is 0 Å². The summed E-state index contributed by atoms with van der Waals surface area (Å²) in [4.78, 5) is 19.1. The number of piperidine rings is 1. The molecule has 0 saturated carbocycles. The molecule has 0 aliphatic carbocycles. The second-order valence-corrected chi connectivity index (χ2v) is 6.47. The molecule has 2 heterocycles. The van der Waals surface area contributed by atoms with Crippen LogP contribution in [0.15, 0.2) is 24.4 Å². The van der Waals surface area contributed by atoms with Crippen LogP contribution < -0.4 is 0 Å².